The molecule has 0 amide bonds. The van der Waals surface area contributed by atoms with Crippen LogP contribution in [0.3, 0.4) is 0 Å². The van der Waals surface area contributed by atoms with Crippen molar-refractivity contribution in [3.63, 3.8) is 0 Å². The minimum absolute atomic E-state index is 0.0463. The Kier molecular flexibility index (Phi) is 6.01. The van der Waals surface area contributed by atoms with Crippen LogP contribution in [0.1, 0.15) is 15.9 Å². The zero-order valence-corrected chi connectivity index (χ0v) is 12.1. The number of benzene rings is 1. The van der Waals surface area contributed by atoms with Gasteiger partial charge < -0.3 is 10.2 Å². The second-order valence-corrected chi connectivity index (χ2v) is 4.65. The van der Waals surface area contributed by atoms with Gasteiger partial charge in [0.05, 0.1) is 21.2 Å². The fraction of sp³-hybridized carbons (Fsp3) is 0.0769. The number of hydrogen-bond acceptors (Lipinski definition) is 3. The first-order valence-electron chi connectivity index (χ1n) is 5.51. The number of nitrogens with zero attached hydrogens (tertiary/aromatic N) is 1. The number of aromatic carboxylic acids is 1. The van der Waals surface area contributed by atoms with Gasteiger partial charge in [0, 0.05) is 12.4 Å². The van der Waals surface area contributed by atoms with Gasteiger partial charge in [-0.1, -0.05) is 29.3 Å². The maximum Gasteiger partial charge on any atom is 0.416 e. The number of carboxylic acids is 1. The van der Waals surface area contributed by atoms with Gasteiger partial charge in [0.15, 0.2) is 0 Å². The summed E-state index contributed by atoms with van der Waals surface area (Å²) in [5.74, 6) is -1.53. The van der Waals surface area contributed by atoms with E-state index in [9.17, 15) is 18.0 Å². The highest BCUT2D eigenvalue weighted by Gasteiger charge is 2.30. The molecule has 0 saturated carbocycles. The maximum absolute atomic E-state index is 11.9. The van der Waals surface area contributed by atoms with E-state index in [-0.39, 0.29) is 21.4 Å². The van der Waals surface area contributed by atoms with Crippen molar-refractivity contribution in [3.8, 4) is 5.75 Å². The van der Waals surface area contributed by atoms with Crippen molar-refractivity contribution in [2.24, 2.45) is 0 Å². The molecule has 0 atom stereocenters. The van der Waals surface area contributed by atoms with Gasteiger partial charge >= 0.3 is 12.1 Å². The van der Waals surface area contributed by atoms with Crippen LogP contribution in [0.4, 0.5) is 13.2 Å². The topological polar surface area (TPSA) is 70.4 Å². The van der Waals surface area contributed by atoms with Crippen molar-refractivity contribution in [1.82, 2.24) is 4.98 Å². The minimum Gasteiger partial charge on any atom is -0.508 e. The van der Waals surface area contributed by atoms with Crippen LogP contribution < -0.4 is 0 Å². The number of rotatable bonds is 1. The third-order valence-corrected chi connectivity index (χ3v) is 2.81. The Balaban J connectivity index is 0.000000220. The number of pyridine rings is 1. The Morgan fingerprint density at radius 3 is 2.00 bits per heavy atom. The number of alkyl halides is 3. The quantitative estimate of drug-likeness (QED) is 0.791. The molecule has 118 valence electrons. The van der Waals surface area contributed by atoms with E-state index in [4.69, 9.17) is 33.4 Å². The number of carboxylic acid groups (broad SMARTS) is 1. The molecule has 0 unspecified atom stereocenters. The largest absolute Gasteiger partial charge is 0.508 e. The van der Waals surface area contributed by atoms with Crippen LogP contribution in [-0.2, 0) is 6.18 Å². The first-order valence-corrected chi connectivity index (χ1v) is 6.27. The lowest BCUT2D eigenvalue weighted by Gasteiger charge is -2.05. The molecule has 2 rings (SSSR count). The van der Waals surface area contributed by atoms with E-state index in [1.165, 1.54) is 18.5 Å². The van der Waals surface area contributed by atoms with Crippen molar-refractivity contribution in [2.45, 2.75) is 6.18 Å². The fourth-order valence-electron chi connectivity index (χ4n) is 1.30. The number of hydrogen-bond donors (Lipinski definition) is 2. The smallest absolute Gasteiger partial charge is 0.416 e. The second-order valence-electron chi connectivity index (χ2n) is 3.83. The number of carbonyl (C=O) groups is 1. The highest BCUT2D eigenvalue weighted by molar-refractivity contribution is 6.38. The molecule has 0 aliphatic rings. The summed E-state index contributed by atoms with van der Waals surface area (Å²) in [5.41, 5.74) is -0.944. The number of halogens is 5. The molecule has 22 heavy (non-hydrogen) atoms. The van der Waals surface area contributed by atoms with Gasteiger partial charge in [0.2, 0.25) is 0 Å². The van der Waals surface area contributed by atoms with Crippen molar-refractivity contribution < 1.29 is 28.2 Å². The summed E-state index contributed by atoms with van der Waals surface area (Å²) in [5, 5.41) is 17.3. The Morgan fingerprint density at radius 2 is 1.68 bits per heavy atom. The molecule has 1 aromatic heterocycles. The summed E-state index contributed by atoms with van der Waals surface area (Å²) < 4.78 is 35.6. The molecule has 1 aromatic carbocycles. The molecule has 0 bridgehead atoms. The van der Waals surface area contributed by atoms with Gasteiger partial charge in [-0.25, -0.2) is 4.79 Å². The van der Waals surface area contributed by atoms with E-state index in [0.29, 0.717) is 6.07 Å². The van der Waals surface area contributed by atoms with Gasteiger partial charge in [-0.15, -0.1) is 0 Å². The van der Waals surface area contributed by atoms with E-state index in [1.807, 2.05) is 0 Å². The standard InChI is InChI=1S/C7H5F3O.C6H3Cl2NO2/c8-7(9,10)5-2-1-3-6(11)4-5;7-3-1-9-2-4(8)5(3)6(10)11/h1-4,11H;1-2H,(H,10,11). The van der Waals surface area contributed by atoms with Gasteiger partial charge in [-0.05, 0) is 18.2 Å². The summed E-state index contributed by atoms with van der Waals surface area (Å²) in [6.45, 7) is 0. The predicted molar refractivity (Wildman–Crippen MR) is 74.3 cm³/mol. The molecule has 1 heterocycles. The monoisotopic (exact) mass is 353 g/mol. The molecule has 0 aliphatic heterocycles. The third-order valence-electron chi connectivity index (χ3n) is 2.24. The molecule has 9 heteroatoms. The highest BCUT2D eigenvalue weighted by atomic mass is 35.5. The summed E-state index contributed by atoms with van der Waals surface area (Å²) in [4.78, 5) is 14.0. The SMILES string of the molecule is O=C(O)c1c(Cl)cncc1Cl.Oc1cccc(C(F)(F)F)c1. The Labute approximate surface area is 132 Å². The second kappa shape index (κ2) is 7.33. The molecule has 2 N–H and O–H groups in total. The van der Waals surface area contributed by atoms with Crippen molar-refractivity contribution in [2.75, 3.05) is 0 Å². The zero-order valence-electron chi connectivity index (χ0n) is 10.6. The van der Waals surface area contributed by atoms with Crippen LogP contribution in [0.5, 0.6) is 5.75 Å². The average molecular weight is 354 g/mol. The van der Waals surface area contributed by atoms with Crippen LogP contribution in [0, 0.1) is 0 Å². The predicted octanol–water partition coefficient (Wildman–Crippen LogP) is 4.50. The van der Waals surface area contributed by atoms with Crippen LogP contribution in [-0.4, -0.2) is 21.2 Å². The first-order chi connectivity index (χ1) is 10.1. The zero-order chi connectivity index (χ0) is 16.9. The molecule has 0 spiro atoms. The number of phenols is 1. The van der Waals surface area contributed by atoms with Crippen LogP contribution in [0.25, 0.3) is 0 Å². The first kappa shape index (κ1) is 18.1. The number of phenolic OH excluding ortho intramolecular Hbond substituents is 1. The van der Waals surface area contributed by atoms with Gasteiger partial charge in [0.1, 0.15) is 5.75 Å². The molecule has 0 fully saturated rings. The lowest BCUT2D eigenvalue weighted by atomic mass is 10.2. The van der Waals surface area contributed by atoms with Gasteiger partial charge in [-0.2, -0.15) is 13.2 Å². The van der Waals surface area contributed by atoms with Crippen LogP contribution >= 0.6 is 23.2 Å². The average Bonchev–Trinajstić information content (AvgIpc) is 2.37. The maximum atomic E-state index is 11.9. The van der Waals surface area contributed by atoms with E-state index >= 15 is 0 Å². The van der Waals surface area contributed by atoms with Crippen LogP contribution in [0.15, 0.2) is 36.7 Å². The Hall–Kier alpha value is -1.99. The number of aromatic nitrogens is 1. The molecular formula is C13H8Cl2F3NO3. The summed E-state index contributed by atoms with van der Waals surface area (Å²) in [7, 11) is 0. The van der Waals surface area contributed by atoms with Crippen LogP contribution in [0.2, 0.25) is 10.0 Å². The molecule has 0 saturated heterocycles. The van der Waals surface area contributed by atoms with E-state index < -0.39 is 17.7 Å². The number of aromatic hydroxyl groups is 1. The molecule has 4 nitrogen and oxygen atoms in total. The normalized spacial score (nSPS) is 10.6. The molecule has 0 radical (unpaired) electrons. The van der Waals surface area contributed by atoms with Gasteiger partial charge in [0.25, 0.3) is 0 Å². The minimum atomic E-state index is -4.38. The lowest BCUT2D eigenvalue weighted by Crippen LogP contribution is -2.03. The summed E-state index contributed by atoms with van der Waals surface area (Å²) in [6.07, 6.45) is -1.91. The molecule has 2 aromatic rings. The molecular weight excluding hydrogens is 346 g/mol. The Morgan fingerprint density at radius 1 is 1.14 bits per heavy atom. The van der Waals surface area contributed by atoms with Gasteiger partial charge in [-0.3, -0.25) is 4.98 Å². The van der Waals surface area contributed by atoms with E-state index in [1.54, 1.807) is 0 Å². The van der Waals surface area contributed by atoms with Crippen molar-refractivity contribution in [3.05, 3.63) is 57.8 Å². The third kappa shape index (κ3) is 5.09. The highest BCUT2D eigenvalue weighted by Crippen LogP contribution is 2.30. The van der Waals surface area contributed by atoms with Crippen molar-refractivity contribution in [1.29, 1.82) is 0 Å². The summed E-state index contributed by atoms with van der Waals surface area (Å²) >= 11 is 11.0. The van der Waals surface area contributed by atoms with E-state index in [0.717, 1.165) is 12.1 Å². The lowest BCUT2D eigenvalue weighted by molar-refractivity contribution is -0.137. The fourth-order valence-corrected chi connectivity index (χ4v) is 1.82. The Bertz CT molecular complexity index is 658. The molecule has 0 aliphatic carbocycles. The summed E-state index contributed by atoms with van der Waals surface area (Å²) in [6, 6.07) is 3.92. The van der Waals surface area contributed by atoms with Crippen molar-refractivity contribution >= 4 is 29.2 Å². The van der Waals surface area contributed by atoms with E-state index in [2.05, 4.69) is 4.98 Å².